The Labute approximate surface area is 188 Å². The molecule has 0 spiro atoms. The molecule has 0 unspecified atom stereocenters. The Morgan fingerprint density at radius 3 is 1.54 bits per heavy atom. The van der Waals surface area contributed by atoms with E-state index in [0.717, 1.165) is 16.5 Å². The fraction of sp³-hybridized carbons (Fsp3) is 0.474. The van der Waals surface area contributed by atoms with Crippen molar-refractivity contribution in [3.05, 3.63) is 41.0 Å². The van der Waals surface area contributed by atoms with Crippen LogP contribution in [0.4, 0.5) is 0 Å². The first-order chi connectivity index (χ1) is 10.6. The van der Waals surface area contributed by atoms with Gasteiger partial charge in [0.2, 0.25) is 0 Å². The molecule has 0 aliphatic heterocycles. The maximum absolute atomic E-state index is 12.1. The van der Waals surface area contributed by atoms with Crippen molar-refractivity contribution < 1.29 is 64.4 Å². The molecule has 0 amide bonds. The van der Waals surface area contributed by atoms with Crippen LogP contribution >= 0.6 is 0 Å². The van der Waals surface area contributed by atoms with Crippen molar-refractivity contribution in [2.24, 2.45) is 0 Å². The maximum Gasteiger partial charge on any atom is 1.00 e. The summed E-state index contributed by atoms with van der Waals surface area (Å²) < 4.78 is 36.2. The number of fused-ring (bicyclic) bond motifs is 1. The van der Waals surface area contributed by atoms with Gasteiger partial charge in [0.1, 0.15) is 10.1 Å². The van der Waals surface area contributed by atoms with Crippen LogP contribution in [0.2, 0.25) is 0 Å². The normalized spacial score (nSPS) is 12.2. The standard InChI is InChI=1S/C19H26O3S.K/c1-11(2)16-14-9-7-8-10-15(14)19(23(20,21)22)18(13(5)6)17(16)12(3)4;/h7-13H,1-6H3,(H,20,21,22);/q;+1/p-1. The van der Waals surface area contributed by atoms with Gasteiger partial charge in [0.15, 0.2) is 0 Å². The van der Waals surface area contributed by atoms with E-state index < -0.39 is 10.1 Å². The zero-order chi connectivity index (χ0) is 17.5. The quantitative estimate of drug-likeness (QED) is 0.610. The monoisotopic (exact) mass is 372 g/mol. The second-order valence-electron chi connectivity index (χ2n) is 7.03. The summed E-state index contributed by atoms with van der Waals surface area (Å²) in [6.07, 6.45) is 0. The van der Waals surface area contributed by atoms with Gasteiger partial charge in [0.25, 0.3) is 0 Å². The third-order valence-electron chi connectivity index (χ3n) is 4.27. The minimum absolute atomic E-state index is 0. The van der Waals surface area contributed by atoms with Crippen molar-refractivity contribution in [2.75, 3.05) is 0 Å². The van der Waals surface area contributed by atoms with Gasteiger partial charge in [-0.1, -0.05) is 65.8 Å². The van der Waals surface area contributed by atoms with Gasteiger partial charge in [-0.25, -0.2) is 8.42 Å². The summed E-state index contributed by atoms with van der Waals surface area (Å²) in [4.78, 5) is -0.0313. The van der Waals surface area contributed by atoms with Gasteiger partial charge >= 0.3 is 51.4 Å². The van der Waals surface area contributed by atoms with Crippen LogP contribution in [0.15, 0.2) is 29.2 Å². The van der Waals surface area contributed by atoms with Gasteiger partial charge in [-0.3, -0.25) is 0 Å². The molecule has 3 nitrogen and oxygen atoms in total. The molecule has 0 bridgehead atoms. The summed E-state index contributed by atoms with van der Waals surface area (Å²) in [6.45, 7) is 12.3. The predicted octanol–water partition coefficient (Wildman–Crippen LogP) is 2.12. The molecule has 0 atom stereocenters. The molecule has 0 fully saturated rings. The van der Waals surface area contributed by atoms with Crippen molar-refractivity contribution in [3.8, 4) is 0 Å². The van der Waals surface area contributed by atoms with Gasteiger partial charge in [-0.15, -0.1) is 0 Å². The van der Waals surface area contributed by atoms with E-state index in [1.807, 2.05) is 26.0 Å². The van der Waals surface area contributed by atoms with Crippen molar-refractivity contribution in [2.45, 2.75) is 64.2 Å². The summed E-state index contributed by atoms with van der Waals surface area (Å²) in [7, 11) is -4.55. The summed E-state index contributed by atoms with van der Waals surface area (Å²) in [5, 5.41) is 1.43. The molecule has 0 aromatic heterocycles. The molecule has 0 aliphatic carbocycles. The average molecular weight is 373 g/mol. The topological polar surface area (TPSA) is 57.2 Å². The van der Waals surface area contributed by atoms with Gasteiger partial charge in [-0.2, -0.15) is 0 Å². The predicted molar refractivity (Wildman–Crippen MR) is 94.2 cm³/mol. The summed E-state index contributed by atoms with van der Waals surface area (Å²) in [6, 6.07) is 7.37. The smallest absolute Gasteiger partial charge is 0.744 e. The largest absolute Gasteiger partial charge is 1.00 e. The first kappa shape index (κ1) is 22.3. The molecule has 24 heavy (non-hydrogen) atoms. The van der Waals surface area contributed by atoms with Crippen molar-refractivity contribution >= 4 is 20.9 Å². The van der Waals surface area contributed by atoms with E-state index in [4.69, 9.17) is 0 Å². The molecule has 0 saturated carbocycles. The molecule has 126 valence electrons. The third-order valence-corrected chi connectivity index (χ3v) is 5.21. The Bertz CT molecular complexity index is 837. The molecule has 0 radical (unpaired) electrons. The van der Waals surface area contributed by atoms with E-state index in [1.165, 1.54) is 0 Å². The van der Waals surface area contributed by atoms with Crippen LogP contribution in [-0.4, -0.2) is 13.0 Å². The number of rotatable bonds is 4. The van der Waals surface area contributed by atoms with Gasteiger partial charge < -0.3 is 4.55 Å². The van der Waals surface area contributed by atoms with Crippen molar-refractivity contribution in [1.82, 2.24) is 0 Å². The van der Waals surface area contributed by atoms with Crippen LogP contribution in [-0.2, 0) is 10.1 Å². The molecule has 0 saturated heterocycles. The van der Waals surface area contributed by atoms with Gasteiger partial charge in [0.05, 0.1) is 4.90 Å². The Kier molecular flexibility index (Phi) is 7.70. The Balaban J connectivity index is 0.00000288. The summed E-state index contributed by atoms with van der Waals surface area (Å²) in [5.41, 5.74) is 2.87. The SMILES string of the molecule is CC(C)c1c(C(C)C)c(S(=O)(=O)[O-])c2ccccc2c1C(C)C.[K+]. The summed E-state index contributed by atoms with van der Waals surface area (Å²) in [5.74, 6) is 0.362. The first-order valence-corrected chi connectivity index (χ1v) is 9.52. The minimum atomic E-state index is -4.55. The molecule has 2 aromatic carbocycles. The minimum Gasteiger partial charge on any atom is -0.744 e. The van der Waals surface area contributed by atoms with Crippen LogP contribution in [0.1, 0.15) is 76.0 Å². The van der Waals surface area contributed by atoms with Crippen LogP contribution in [0.3, 0.4) is 0 Å². The first-order valence-electron chi connectivity index (χ1n) is 8.11. The number of benzene rings is 2. The molecular weight excluding hydrogens is 347 g/mol. The Morgan fingerprint density at radius 1 is 0.750 bits per heavy atom. The van der Waals surface area contributed by atoms with Gasteiger partial charge in [-0.05, 0) is 45.2 Å². The molecule has 2 rings (SSSR count). The molecule has 0 N–H and O–H groups in total. The fourth-order valence-corrected chi connectivity index (χ4v) is 4.62. The van der Waals surface area contributed by atoms with Crippen LogP contribution < -0.4 is 51.4 Å². The number of hydrogen-bond donors (Lipinski definition) is 0. The molecule has 0 aliphatic rings. The van der Waals surface area contributed by atoms with E-state index in [1.54, 1.807) is 12.1 Å². The molecule has 0 heterocycles. The van der Waals surface area contributed by atoms with E-state index >= 15 is 0 Å². The maximum atomic E-state index is 12.1. The second kappa shape index (κ2) is 8.29. The summed E-state index contributed by atoms with van der Waals surface area (Å²) >= 11 is 0. The van der Waals surface area contributed by atoms with E-state index in [9.17, 15) is 13.0 Å². The van der Waals surface area contributed by atoms with E-state index in [-0.39, 0.29) is 74.0 Å². The van der Waals surface area contributed by atoms with Crippen LogP contribution in [0, 0.1) is 0 Å². The third kappa shape index (κ3) is 4.14. The molecule has 5 heteroatoms. The zero-order valence-electron chi connectivity index (χ0n) is 15.7. The second-order valence-corrected chi connectivity index (χ2v) is 8.35. The van der Waals surface area contributed by atoms with Crippen molar-refractivity contribution in [3.63, 3.8) is 0 Å². The number of hydrogen-bond acceptors (Lipinski definition) is 3. The Morgan fingerprint density at radius 2 is 1.17 bits per heavy atom. The van der Waals surface area contributed by atoms with E-state index in [0.29, 0.717) is 10.9 Å². The zero-order valence-corrected chi connectivity index (χ0v) is 19.6. The van der Waals surface area contributed by atoms with Crippen molar-refractivity contribution in [1.29, 1.82) is 0 Å². The van der Waals surface area contributed by atoms with Gasteiger partial charge in [0, 0.05) is 0 Å². The molecular formula is C19H25KO3S. The van der Waals surface area contributed by atoms with Crippen LogP contribution in [0.25, 0.3) is 10.8 Å². The Hall–Kier alpha value is 0.246. The van der Waals surface area contributed by atoms with Crippen LogP contribution in [0.5, 0.6) is 0 Å². The average Bonchev–Trinajstić information content (AvgIpc) is 2.42. The fourth-order valence-electron chi connectivity index (χ4n) is 3.56. The van der Waals surface area contributed by atoms with E-state index in [2.05, 4.69) is 27.7 Å². The molecule has 2 aromatic rings.